The monoisotopic (exact) mass is 1310 g/mol. The molecule has 0 amide bonds. The van der Waals surface area contributed by atoms with Gasteiger partial charge in [0.25, 0.3) is 6.33 Å². The van der Waals surface area contributed by atoms with Gasteiger partial charge in [-0.3, -0.25) is 4.57 Å². The first-order valence-electron chi connectivity index (χ1n) is 29.8. The van der Waals surface area contributed by atoms with Crippen LogP contribution in [0.25, 0.3) is 144 Å². The van der Waals surface area contributed by atoms with E-state index in [1.54, 1.807) is 0 Å². The Morgan fingerprint density at radius 2 is 1.01 bits per heavy atom. The van der Waals surface area contributed by atoms with Crippen LogP contribution in [0.1, 0.15) is 52.7 Å². The van der Waals surface area contributed by atoms with Crippen molar-refractivity contribution in [2.45, 2.75) is 52.4 Å². The van der Waals surface area contributed by atoms with E-state index in [1.165, 1.54) is 21.9 Å². The van der Waals surface area contributed by atoms with Crippen LogP contribution in [0.5, 0.6) is 11.5 Å². The molecule has 11 aromatic carbocycles. The number of nitrogens with zero attached hydrogens (tertiary/aromatic N) is 5. The third-order valence-corrected chi connectivity index (χ3v) is 17.8. The summed E-state index contributed by atoms with van der Waals surface area (Å²) in [4.78, 5) is 4.95. The molecule has 0 bridgehead atoms. The van der Waals surface area contributed by atoms with Crippen LogP contribution in [0, 0.1) is 18.5 Å². The van der Waals surface area contributed by atoms with Crippen LogP contribution in [0.15, 0.2) is 241 Å². The second-order valence-electron chi connectivity index (χ2n) is 25.2. The first kappa shape index (κ1) is 53.4. The molecule has 0 saturated heterocycles. The number of furan rings is 1. The summed E-state index contributed by atoms with van der Waals surface area (Å²) in [6.45, 7) is 13.6. The number of hydrogen-bond donors (Lipinski definition) is 0. The Balaban J connectivity index is 0.00000624. The molecule has 1 aliphatic rings. The van der Waals surface area contributed by atoms with Gasteiger partial charge in [-0.1, -0.05) is 187 Å². The van der Waals surface area contributed by atoms with Crippen molar-refractivity contribution in [3.05, 3.63) is 266 Å². The Morgan fingerprint density at radius 3 is 1.70 bits per heavy atom. The van der Waals surface area contributed by atoms with Gasteiger partial charge < -0.3 is 22.9 Å². The fourth-order valence-electron chi connectivity index (χ4n) is 13.6. The van der Waals surface area contributed by atoms with E-state index in [2.05, 4.69) is 291 Å². The first-order chi connectivity index (χ1) is 42.4. The number of hydrogen-bond acceptors (Lipinski definition) is 3. The second-order valence-corrected chi connectivity index (χ2v) is 25.2. The van der Waals surface area contributed by atoms with Crippen LogP contribution < -0.4 is 9.30 Å². The van der Waals surface area contributed by atoms with E-state index in [0.29, 0.717) is 11.5 Å². The average molecular weight is 1320 g/mol. The average Bonchev–Trinajstić information content (AvgIpc) is 1.55. The molecule has 6 heterocycles. The van der Waals surface area contributed by atoms with Gasteiger partial charge in [0.05, 0.1) is 27.8 Å². The van der Waals surface area contributed by atoms with Gasteiger partial charge in [-0.05, 0) is 138 Å². The van der Waals surface area contributed by atoms with E-state index in [4.69, 9.17) is 14.1 Å². The van der Waals surface area contributed by atoms with E-state index in [9.17, 15) is 0 Å². The Morgan fingerprint density at radius 1 is 0.432 bits per heavy atom. The summed E-state index contributed by atoms with van der Waals surface area (Å²) in [6.07, 6.45) is 6.02. The number of ether oxygens (including phenoxy) is 1. The quantitative estimate of drug-likeness (QED) is 0.123. The van der Waals surface area contributed by atoms with Crippen LogP contribution in [0.2, 0.25) is 0 Å². The molecule has 0 atom stereocenters. The van der Waals surface area contributed by atoms with Crippen LogP contribution in [-0.4, -0.2) is 18.7 Å². The van der Waals surface area contributed by atoms with E-state index in [-0.39, 0.29) is 31.9 Å². The Bertz CT molecular complexity index is 5490. The molecule has 0 spiro atoms. The zero-order valence-electron chi connectivity index (χ0n) is 49.4. The van der Waals surface area contributed by atoms with Gasteiger partial charge in [-0.15, -0.1) is 29.7 Å². The van der Waals surface area contributed by atoms with E-state index in [1.807, 2.05) is 24.4 Å². The maximum absolute atomic E-state index is 6.96. The molecule has 8 heteroatoms. The summed E-state index contributed by atoms with van der Waals surface area (Å²) in [5, 5.41) is 6.72. The van der Waals surface area contributed by atoms with Gasteiger partial charge in [0.15, 0.2) is 0 Å². The summed E-state index contributed by atoms with van der Waals surface area (Å²) in [5.41, 5.74) is 21.6. The van der Waals surface area contributed by atoms with Crippen molar-refractivity contribution in [1.29, 1.82) is 0 Å². The molecular formula is C80H57N5O2Pt-2. The molecule has 1 aliphatic heterocycles. The van der Waals surface area contributed by atoms with Crippen LogP contribution >= 0.6 is 0 Å². The Labute approximate surface area is 524 Å². The minimum absolute atomic E-state index is 0. The van der Waals surface area contributed by atoms with Gasteiger partial charge >= 0.3 is 0 Å². The molecule has 0 N–H and O–H groups in total. The zero-order valence-corrected chi connectivity index (χ0v) is 51.7. The van der Waals surface area contributed by atoms with Crippen molar-refractivity contribution in [3.8, 4) is 78.9 Å². The van der Waals surface area contributed by atoms with Crippen molar-refractivity contribution in [2.24, 2.45) is 0 Å². The van der Waals surface area contributed by atoms with Gasteiger partial charge in [-0.25, -0.2) is 4.98 Å². The van der Waals surface area contributed by atoms with Gasteiger partial charge in [0, 0.05) is 71.5 Å². The zero-order chi connectivity index (χ0) is 58.4. The SMILES string of the molecule is CC(C)(C)c1ccnc(-n2c3[c-]c(Oc4[c-]c(-n5[c-][n+]6c7c(cc(-n8c9ccccc9c9ccccc98)cc75)-c5ccccc5-c5ccccc5-c5cc(C(C)(C)C)cc(-c7ccc8oc9ccccc9c8c7)c5-6)ccc4)ccc3c3ccccc32)c1.[Pt]. The second kappa shape index (κ2) is 20.0. The maximum atomic E-state index is 6.96. The molecule has 0 radical (unpaired) electrons. The Hall–Kier alpha value is -10.1. The normalized spacial score (nSPS) is 12.3. The molecule has 0 unspecified atom stereocenters. The van der Waals surface area contributed by atoms with E-state index < -0.39 is 0 Å². The van der Waals surface area contributed by atoms with E-state index >= 15 is 0 Å². The Kier molecular flexibility index (Phi) is 12.1. The molecule has 16 aromatic rings. The molecule has 0 aliphatic carbocycles. The summed E-state index contributed by atoms with van der Waals surface area (Å²) in [6, 6.07) is 90.5. The molecular weight excluding hydrogens is 1260 g/mol. The molecule has 0 saturated carbocycles. The molecule has 0 fully saturated rings. The summed E-state index contributed by atoms with van der Waals surface area (Å²) >= 11 is 0. The fraction of sp³-hybridized carbons (Fsp3) is 0.100. The number of pyridine rings is 1. The van der Waals surface area contributed by atoms with Crippen LogP contribution in [0.3, 0.4) is 0 Å². The minimum Gasteiger partial charge on any atom is -0.510 e. The number of aromatic nitrogens is 5. The smallest absolute Gasteiger partial charge is 0.268 e. The van der Waals surface area contributed by atoms with Crippen molar-refractivity contribution < 1.29 is 34.8 Å². The summed E-state index contributed by atoms with van der Waals surface area (Å²) in [7, 11) is 0. The van der Waals surface area contributed by atoms with Crippen LogP contribution in [-0.2, 0) is 31.9 Å². The van der Waals surface area contributed by atoms with Crippen molar-refractivity contribution in [1.82, 2.24) is 18.7 Å². The number of para-hydroxylation sites is 4. The minimum atomic E-state index is -0.214. The van der Waals surface area contributed by atoms with E-state index in [0.717, 1.165) is 133 Å². The number of imidazole rings is 1. The van der Waals surface area contributed by atoms with Gasteiger partial charge in [0.1, 0.15) is 17.0 Å². The van der Waals surface area contributed by atoms with Gasteiger partial charge in [-0.2, -0.15) is 18.2 Å². The molecule has 7 nitrogen and oxygen atoms in total. The first-order valence-corrected chi connectivity index (χ1v) is 29.8. The third-order valence-electron chi connectivity index (χ3n) is 17.8. The van der Waals surface area contributed by atoms with Crippen LogP contribution in [0.4, 0.5) is 0 Å². The topological polar surface area (TPSA) is 53.9 Å². The number of rotatable bonds is 6. The number of fused-ring (bicyclic) bond motifs is 16. The molecule has 17 rings (SSSR count). The maximum Gasteiger partial charge on any atom is 0.268 e. The predicted molar refractivity (Wildman–Crippen MR) is 354 cm³/mol. The molecule has 5 aromatic heterocycles. The fourth-order valence-corrected chi connectivity index (χ4v) is 13.6. The van der Waals surface area contributed by atoms with Crippen molar-refractivity contribution >= 4 is 76.6 Å². The molecule has 426 valence electrons. The standard InChI is InChI=1S/C80H57N5O2.Pt/c1-79(2,3)50-38-39-81-76(43-50)85-71-32-17-13-28-62(71)63-36-35-55(47-72(63)85)86-54-21-19-20-52(44-54)82-48-83-77-65(49-34-37-75-66(40-49)64-29-14-18-33-74(64)87-75)41-51(80(4,5)6)42-67(77)58-24-9-7-22-56(58)57-23-8-10-25-59(57)68-45-53(46-73(82)78(68)83)84-69-30-15-11-26-60(69)61-27-12-16-31-70(61)84;/h7-43,45-46H,1-6H3;/q-2;. The third kappa shape index (κ3) is 8.35. The molecule has 88 heavy (non-hydrogen) atoms. The summed E-state index contributed by atoms with van der Waals surface area (Å²) in [5.74, 6) is 1.93. The largest absolute Gasteiger partial charge is 0.510 e. The number of benzene rings is 11. The van der Waals surface area contributed by atoms with Gasteiger partial charge in [0.2, 0.25) is 0 Å². The van der Waals surface area contributed by atoms with Crippen molar-refractivity contribution in [3.63, 3.8) is 0 Å². The summed E-state index contributed by atoms with van der Waals surface area (Å²) < 4.78 is 22.6. The predicted octanol–water partition coefficient (Wildman–Crippen LogP) is 20.2. The van der Waals surface area contributed by atoms with Crippen molar-refractivity contribution in [2.75, 3.05) is 0 Å².